The summed E-state index contributed by atoms with van der Waals surface area (Å²) in [6.45, 7) is 8.17. The van der Waals surface area contributed by atoms with E-state index < -0.39 is 0 Å². The van der Waals surface area contributed by atoms with E-state index in [9.17, 15) is 5.11 Å². The number of aliphatic hydroxyl groups is 1. The molecule has 0 aliphatic carbocycles. The molecule has 2 aromatic rings. The summed E-state index contributed by atoms with van der Waals surface area (Å²) in [7, 11) is 0. The summed E-state index contributed by atoms with van der Waals surface area (Å²) in [5.74, 6) is 2.39. The summed E-state index contributed by atoms with van der Waals surface area (Å²) in [6.07, 6.45) is 5.63. The average Bonchev–Trinajstić information content (AvgIpc) is 3.09. The van der Waals surface area contributed by atoms with Crippen molar-refractivity contribution in [3.8, 4) is 0 Å². The van der Waals surface area contributed by atoms with E-state index in [1.165, 1.54) is 12.8 Å². The second kappa shape index (κ2) is 7.23. The average molecular weight is 318 g/mol. The highest BCUT2D eigenvalue weighted by atomic mass is 16.3. The molecular weight excluding hydrogens is 292 g/mol. The standard InChI is InChI=1S/C16H26N6O/c1-13-18-14(2)22(19-13)10-15-5-3-7-20(9-15)11-16(23)12-21-8-4-6-17-21/h4,6,8,15-16,23H,3,5,7,9-12H2,1-2H3/t15-,16+/m1/s1. The molecule has 1 aliphatic rings. The zero-order valence-corrected chi connectivity index (χ0v) is 14.0. The molecule has 0 spiro atoms. The molecular formula is C16H26N6O. The number of likely N-dealkylation sites (tertiary alicyclic amines) is 1. The minimum absolute atomic E-state index is 0.385. The highest BCUT2D eigenvalue weighted by molar-refractivity contribution is 4.88. The molecule has 1 aliphatic heterocycles. The summed E-state index contributed by atoms with van der Waals surface area (Å²) in [6, 6.07) is 1.88. The predicted molar refractivity (Wildman–Crippen MR) is 86.9 cm³/mol. The second-order valence-corrected chi connectivity index (χ2v) is 6.54. The minimum atomic E-state index is -0.385. The lowest BCUT2D eigenvalue weighted by molar-refractivity contribution is 0.0680. The maximum atomic E-state index is 10.3. The van der Waals surface area contributed by atoms with Gasteiger partial charge in [0, 0.05) is 32.0 Å². The van der Waals surface area contributed by atoms with Crippen molar-refractivity contribution in [2.24, 2.45) is 5.92 Å². The third kappa shape index (κ3) is 4.39. The quantitative estimate of drug-likeness (QED) is 0.855. The largest absolute Gasteiger partial charge is 0.390 e. The Hall–Kier alpha value is -1.73. The first-order valence-electron chi connectivity index (χ1n) is 8.36. The number of aromatic nitrogens is 5. The van der Waals surface area contributed by atoms with Gasteiger partial charge in [-0.05, 0) is 45.2 Å². The molecule has 3 heterocycles. The van der Waals surface area contributed by atoms with Crippen LogP contribution in [0.15, 0.2) is 18.5 Å². The number of aliphatic hydroxyl groups excluding tert-OH is 1. The molecule has 7 nitrogen and oxygen atoms in total. The fraction of sp³-hybridized carbons (Fsp3) is 0.688. The predicted octanol–water partition coefficient (Wildman–Crippen LogP) is 0.865. The SMILES string of the molecule is Cc1nc(C)n(C[C@@H]2CCCN(C[C@H](O)Cn3cccn3)C2)n1. The Morgan fingerprint density at radius 1 is 1.35 bits per heavy atom. The van der Waals surface area contributed by atoms with Crippen molar-refractivity contribution in [1.82, 2.24) is 29.4 Å². The zero-order chi connectivity index (χ0) is 16.2. The van der Waals surface area contributed by atoms with Crippen LogP contribution in [0, 0.1) is 19.8 Å². The maximum Gasteiger partial charge on any atom is 0.147 e. The topological polar surface area (TPSA) is 72.0 Å². The van der Waals surface area contributed by atoms with Gasteiger partial charge in [0.2, 0.25) is 0 Å². The normalized spacial score (nSPS) is 20.7. The number of piperidine rings is 1. The van der Waals surface area contributed by atoms with Gasteiger partial charge in [0.25, 0.3) is 0 Å². The lowest BCUT2D eigenvalue weighted by atomic mass is 9.97. The van der Waals surface area contributed by atoms with Crippen LogP contribution < -0.4 is 0 Å². The van der Waals surface area contributed by atoms with Gasteiger partial charge < -0.3 is 10.0 Å². The van der Waals surface area contributed by atoms with Crippen LogP contribution in [0.2, 0.25) is 0 Å². The van der Waals surface area contributed by atoms with Gasteiger partial charge in [-0.15, -0.1) is 0 Å². The molecule has 0 bridgehead atoms. The van der Waals surface area contributed by atoms with E-state index in [4.69, 9.17) is 0 Å². The molecule has 126 valence electrons. The van der Waals surface area contributed by atoms with E-state index in [-0.39, 0.29) is 6.10 Å². The summed E-state index contributed by atoms with van der Waals surface area (Å²) in [5.41, 5.74) is 0. The third-order valence-corrected chi connectivity index (χ3v) is 4.42. The van der Waals surface area contributed by atoms with E-state index in [2.05, 4.69) is 20.1 Å². The van der Waals surface area contributed by atoms with Gasteiger partial charge in [0.1, 0.15) is 11.6 Å². The van der Waals surface area contributed by atoms with Crippen molar-refractivity contribution in [2.75, 3.05) is 19.6 Å². The Kier molecular flexibility index (Phi) is 5.07. The molecule has 23 heavy (non-hydrogen) atoms. The van der Waals surface area contributed by atoms with Crippen molar-refractivity contribution in [3.05, 3.63) is 30.1 Å². The van der Waals surface area contributed by atoms with Crippen LogP contribution in [0.25, 0.3) is 0 Å². The summed E-state index contributed by atoms with van der Waals surface area (Å²) in [4.78, 5) is 6.74. The molecule has 1 saturated heterocycles. The van der Waals surface area contributed by atoms with Crippen molar-refractivity contribution in [1.29, 1.82) is 0 Å². The lowest BCUT2D eigenvalue weighted by Gasteiger charge is -2.34. The third-order valence-electron chi connectivity index (χ3n) is 4.42. The fourth-order valence-corrected chi connectivity index (χ4v) is 3.43. The van der Waals surface area contributed by atoms with Crippen LogP contribution in [0.5, 0.6) is 0 Å². The lowest BCUT2D eigenvalue weighted by Crippen LogP contribution is -2.42. The van der Waals surface area contributed by atoms with Crippen molar-refractivity contribution >= 4 is 0 Å². The highest BCUT2D eigenvalue weighted by Gasteiger charge is 2.23. The molecule has 2 aromatic heterocycles. The fourth-order valence-electron chi connectivity index (χ4n) is 3.43. The number of aryl methyl sites for hydroxylation is 2. The van der Waals surface area contributed by atoms with Crippen LogP contribution in [0.4, 0.5) is 0 Å². The van der Waals surface area contributed by atoms with Crippen LogP contribution in [-0.4, -0.2) is 60.3 Å². The molecule has 0 saturated carbocycles. The van der Waals surface area contributed by atoms with Crippen molar-refractivity contribution in [2.45, 2.75) is 45.9 Å². The smallest absolute Gasteiger partial charge is 0.147 e. The monoisotopic (exact) mass is 318 g/mol. The molecule has 3 rings (SSSR count). The molecule has 0 unspecified atom stereocenters. The summed E-state index contributed by atoms with van der Waals surface area (Å²) in [5, 5.41) is 18.9. The molecule has 0 aromatic carbocycles. The molecule has 1 fully saturated rings. The van der Waals surface area contributed by atoms with Crippen molar-refractivity contribution in [3.63, 3.8) is 0 Å². The van der Waals surface area contributed by atoms with Gasteiger partial charge in [-0.2, -0.15) is 10.2 Å². The zero-order valence-electron chi connectivity index (χ0n) is 14.0. The highest BCUT2D eigenvalue weighted by Crippen LogP contribution is 2.19. The number of nitrogens with zero attached hydrogens (tertiary/aromatic N) is 6. The van der Waals surface area contributed by atoms with Gasteiger partial charge >= 0.3 is 0 Å². The van der Waals surface area contributed by atoms with Crippen LogP contribution >= 0.6 is 0 Å². The van der Waals surface area contributed by atoms with E-state index >= 15 is 0 Å². The van der Waals surface area contributed by atoms with E-state index in [0.29, 0.717) is 19.0 Å². The number of rotatable bonds is 6. The molecule has 0 radical (unpaired) electrons. The molecule has 0 amide bonds. The van der Waals surface area contributed by atoms with E-state index in [1.807, 2.05) is 30.8 Å². The van der Waals surface area contributed by atoms with Crippen LogP contribution in [0.1, 0.15) is 24.5 Å². The minimum Gasteiger partial charge on any atom is -0.390 e. The van der Waals surface area contributed by atoms with Gasteiger partial charge in [0.05, 0.1) is 12.6 Å². The molecule has 1 N–H and O–H groups in total. The molecule has 2 atom stereocenters. The summed E-state index contributed by atoms with van der Waals surface area (Å²) >= 11 is 0. The maximum absolute atomic E-state index is 10.3. The number of β-amino-alcohol motifs (C(OH)–C–C–N with tert-alkyl or cyclic N) is 1. The summed E-state index contributed by atoms with van der Waals surface area (Å²) < 4.78 is 3.80. The Bertz CT molecular complexity index is 608. The Morgan fingerprint density at radius 3 is 2.91 bits per heavy atom. The van der Waals surface area contributed by atoms with E-state index in [0.717, 1.165) is 31.3 Å². The first-order valence-corrected chi connectivity index (χ1v) is 8.36. The Labute approximate surface area is 136 Å². The first kappa shape index (κ1) is 16.1. The van der Waals surface area contributed by atoms with Gasteiger partial charge in [-0.3, -0.25) is 4.68 Å². The first-order chi connectivity index (χ1) is 11.1. The van der Waals surface area contributed by atoms with Crippen LogP contribution in [0.3, 0.4) is 0 Å². The number of hydrogen-bond donors (Lipinski definition) is 1. The van der Waals surface area contributed by atoms with Crippen molar-refractivity contribution < 1.29 is 5.11 Å². The Balaban J connectivity index is 1.50. The molecule has 7 heteroatoms. The van der Waals surface area contributed by atoms with E-state index in [1.54, 1.807) is 10.9 Å². The second-order valence-electron chi connectivity index (χ2n) is 6.54. The van der Waals surface area contributed by atoms with Crippen LogP contribution in [-0.2, 0) is 13.1 Å². The van der Waals surface area contributed by atoms with Gasteiger partial charge in [-0.25, -0.2) is 9.67 Å². The number of hydrogen-bond acceptors (Lipinski definition) is 5. The Morgan fingerprint density at radius 2 is 2.22 bits per heavy atom. The van der Waals surface area contributed by atoms with Gasteiger partial charge in [-0.1, -0.05) is 0 Å². The van der Waals surface area contributed by atoms with Gasteiger partial charge in [0.15, 0.2) is 0 Å².